The van der Waals surface area contributed by atoms with Gasteiger partial charge >= 0.3 is 0 Å². The van der Waals surface area contributed by atoms with Gasteiger partial charge in [-0.3, -0.25) is 4.98 Å². The highest BCUT2D eigenvalue weighted by atomic mass is 32.2. The smallest absolute Gasteiger partial charge is 0.209 e. The quantitative estimate of drug-likeness (QED) is 0.455. The van der Waals surface area contributed by atoms with E-state index in [0.29, 0.717) is 11.4 Å². The number of rotatable bonds is 5. The van der Waals surface area contributed by atoms with Crippen molar-refractivity contribution in [3.63, 3.8) is 0 Å². The van der Waals surface area contributed by atoms with Gasteiger partial charge in [-0.1, -0.05) is 11.3 Å². The van der Waals surface area contributed by atoms with Crippen molar-refractivity contribution in [1.29, 1.82) is 0 Å². The molecule has 0 aliphatic carbocycles. The molecular weight excluding hydrogens is 242 g/mol. The maximum absolute atomic E-state index is 11.1. The van der Waals surface area contributed by atoms with Crippen molar-refractivity contribution in [1.82, 2.24) is 9.71 Å². The van der Waals surface area contributed by atoms with Crippen LogP contribution in [0.3, 0.4) is 0 Å². The minimum atomic E-state index is -3.25. The Labute approximate surface area is 100 Å². The summed E-state index contributed by atoms with van der Waals surface area (Å²) < 4.78 is 24.6. The molecule has 1 heterocycles. The summed E-state index contributed by atoms with van der Waals surface area (Å²) in [6, 6.07) is 4.90. The molecule has 0 aromatic carbocycles. The first-order valence-corrected chi connectivity index (χ1v) is 6.81. The summed E-state index contributed by atoms with van der Waals surface area (Å²) in [5.74, 6) is 4.90. The third-order valence-corrected chi connectivity index (χ3v) is 2.76. The van der Waals surface area contributed by atoms with E-state index in [0.717, 1.165) is 6.26 Å². The van der Waals surface area contributed by atoms with Gasteiger partial charge in [0.25, 0.3) is 0 Å². The third kappa shape index (κ3) is 4.87. The summed E-state index contributed by atoms with van der Waals surface area (Å²) in [6.45, 7) is 1.99. The van der Waals surface area contributed by atoms with E-state index in [1.54, 1.807) is 25.1 Å². The summed E-state index contributed by atoms with van der Waals surface area (Å²) in [7, 11) is -3.25. The van der Waals surface area contributed by atoms with E-state index >= 15 is 0 Å². The molecule has 8 heteroatoms. The van der Waals surface area contributed by atoms with E-state index in [2.05, 4.69) is 20.0 Å². The highest BCUT2D eigenvalue weighted by Crippen LogP contribution is 2.11. The average molecular weight is 257 g/mol. The van der Waals surface area contributed by atoms with Gasteiger partial charge in [0, 0.05) is 0 Å². The van der Waals surface area contributed by atoms with E-state index in [1.165, 1.54) is 0 Å². The van der Waals surface area contributed by atoms with Gasteiger partial charge in [0.05, 0.1) is 23.7 Å². The first kappa shape index (κ1) is 13.5. The molecule has 0 saturated heterocycles. The summed E-state index contributed by atoms with van der Waals surface area (Å²) >= 11 is 0. The fourth-order valence-electron chi connectivity index (χ4n) is 1.32. The van der Waals surface area contributed by atoms with Crippen molar-refractivity contribution in [3.05, 3.63) is 29.6 Å². The standard InChI is InChI=1S/C9H15N5O2S/c1-7(13-17(2,15)16)9-5-3-4-8(12-9)6-11-14-10/h3-5,7,13H,6H2,1-2H3,(H2,10,11)/t7-/m1/s1. The van der Waals surface area contributed by atoms with E-state index in [4.69, 9.17) is 5.84 Å². The van der Waals surface area contributed by atoms with E-state index < -0.39 is 10.0 Å². The van der Waals surface area contributed by atoms with Gasteiger partial charge in [-0.25, -0.2) is 13.1 Å². The molecule has 3 N–H and O–H groups in total. The van der Waals surface area contributed by atoms with E-state index in [-0.39, 0.29) is 12.6 Å². The highest BCUT2D eigenvalue weighted by molar-refractivity contribution is 7.88. The zero-order valence-electron chi connectivity index (χ0n) is 9.66. The Morgan fingerprint density at radius 1 is 1.53 bits per heavy atom. The molecule has 0 fully saturated rings. The van der Waals surface area contributed by atoms with Crippen LogP contribution in [0.4, 0.5) is 0 Å². The van der Waals surface area contributed by atoms with Crippen molar-refractivity contribution >= 4 is 10.0 Å². The lowest BCUT2D eigenvalue weighted by Crippen LogP contribution is -2.26. The number of sulfonamides is 1. The molecule has 17 heavy (non-hydrogen) atoms. The summed E-state index contributed by atoms with van der Waals surface area (Å²) in [4.78, 5) is 4.26. The summed E-state index contributed by atoms with van der Waals surface area (Å²) in [5, 5.41) is 6.76. The van der Waals surface area contributed by atoms with Crippen LogP contribution < -0.4 is 10.6 Å². The number of hydrogen-bond donors (Lipinski definition) is 2. The first-order chi connectivity index (χ1) is 7.92. The van der Waals surface area contributed by atoms with Crippen molar-refractivity contribution in [3.8, 4) is 0 Å². The maximum atomic E-state index is 11.1. The first-order valence-electron chi connectivity index (χ1n) is 4.92. The Balaban J connectivity index is 2.83. The SMILES string of the molecule is C[C@@H](NS(C)(=O)=O)c1cccc(CN=NN)n1. The van der Waals surface area contributed by atoms with Crippen LogP contribution in [0.25, 0.3) is 0 Å². The van der Waals surface area contributed by atoms with Crippen LogP contribution in [0.1, 0.15) is 24.4 Å². The molecule has 0 spiro atoms. The zero-order chi connectivity index (χ0) is 12.9. The van der Waals surface area contributed by atoms with Gasteiger partial charge in [-0.2, -0.15) is 5.11 Å². The molecule has 0 radical (unpaired) electrons. The van der Waals surface area contributed by atoms with Crippen LogP contribution in [0.2, 0.25) is 0 Å². The molecular formula is C9H15N5O2S. The van der Waals surface area contributed by atoms with Gasteiger partial charge in [-0.15, -0.1) is 0 Å². The lowest BCUT2D eigenvalue weighted by Gasteiger charge is -2.12. The topological polar surface area (TPSA) is 110 Å². The fraction of sp³-hybridized carbons (Fsp3) is 0.444. The second-order valence-corrected chi connectivity index (χ2v) is 5.36. The number of hydrogen-bond acceptors (Lipinski definition) is 5. The Kier molecular flexibility index (Phi) is 4.53. The molecule has 1 aromatic rings. The Hall–Kier alpha value is -1.54. The van der Waals surface area contributed by atoms with Crippen LogP contribution in [0.5, 0.6) is 0 Å². The maximum Gasteiger partial charge on any atom is 0.209 e. The van der Waals surface area contributed by atoms with Gasteiger partial charge in [0.1, 0.15) is 6.54 Å². The van der Waals surface area contributed by atoms with Crippen molar-refractivity contribution < 1.29 is 8.42 Å². The molecule has 0 aliphatic heterocycles. The molecule has 1 atom stereocenters. The molecule has 0 aliphatic rings. The summed E-state index contributed by atoms with van der Waals surface area (Å²) in [5.41, 5.74) is 1.30. The van der Waals surface area contributed by atoms with Crippen LogP contribution in [0.15, 0.2) is 28.5 Å². The number of nitrogens with zero attached hydrogens (tertiary/aromatic N) is 3. The Bertz CT molecular complexity index is 500. The highest BCUT2D eigenvalue weighted by Gasteiger charge is 2.12. The minimum absolute atomic E-state index is 0.274. The van der Waals surface area contributed by atoms with E-state index in [9.17, 15) is 8.42 Å². The average Bonchev–Trinajstić information content (AvgIpc) is 2.24. The predicted molar refractivity (Wildman–Crippen MR) is 63.4 cm³/mol. The minimum Gasteiger partial charge on any atom is -0.305 e. The normalized spacial score (nSPS) is 14.0. The number of nitrogens with two attached hydrogens (primary N) is 1. The fourth-order valence-corrected chi connectivity index (χ4v) is 2.09. The van der Waals surface area contributed by atoms with Crippen molar-refractivity contribution in [2.75, 3.05) is 6.26 Å². The number of pyridine rings is 1. The monoisotopic (exact) mass is 257 g/mol. The number of nitrogens with one attached hydrogen (secondary N) is 1. The van der Waals surface area contributed by atoms with Gasteiger partial charge in [0.15, 0.2) is 0 Å². The van der Waals surface area contributed by atoms with Crippen LogP contribution in [-0.4, -0.2) is 19.7 Å². The predicted octanol–water partition coefficient (Wildman–Crippen LogP) is 0.518. The lowest BCUT2D eigenvalue weighted by molar-refractivity contribution is 0.569. The molecule has 0 amide bonds. The van der Waals surface area contributed by atoms with Crippen molar-refractivity contribution in [2.24, 2.45) is 16.2 Å². The van der Waals surface area contributed by atoms with Gasteiger partial charge < -0.3 is 5.84 Å². The number of aromatic nitrogens is 1. The van der Waals surface area contributed by atoms with Crippen LogP contribution in [-0.2, 0) is 16.6 Å². The lowest BCUT2D eigenvalue weighted by atomic mass is 10.2. The molecule has 0 saturated carbocycles. The van der Waals surface area contributed by atoms with Gasteiger partial charge in [0.2, 0.25) is 10.0 Å². The molecule has 1 rings (SSSR count). The molecule has 0 unspecified atom stereocenters. The van der Waals surface area contributed by atoms with Crippen LogP contribution in [0, 0.1) is 0 Å². The van der Waals surface area contributed by atoms with Crippen molar-refractivity contribution in [2.45, 2.75) is 19.5 Å². The molecule has 94 valence electrons. The second kappa shape index (κ2) is 5.69. The van der Waals surface area contributed by atoms with Crippen LogP contribution >= 0.6 is 0 Å². The molecule has 7 nitrogen and oxygen atoms in total. The van der Waals surface area contributed by atoms with E-state index in [1.807, 2.05) is 0 Å². The second-order valence-electron chi connectivity index (χ2n) is 3.58. The third-order valence-electron chi connectivity index (χ3n) is 1.98. The molecule has 0 bridgehead atoms. The van der Waals surface area contributed by atoms with Gasteiger partial charge in [-0.05, 0) is 19.1 Å². The Morgan fingerprint density at radius 2 is 2.24 bits per heavy atom. The largest absolute Gasteiger partial charge is 0.305 e. The molecule has 1 aromatic heterocycles. The summed E-state index contributed by atoms with van der Waals surface area (Å²) in [6.07, 6.45) is 1.11. The Morgan fingerprint density at radius 3 is 2.82 bits per heavy atom. The zero-order valence-corrected chi connectivity index (χ0v) is 10.5.